The molecule has 13 aromatic rings. The molecule has 0 aliphatic carbocycles. The molecule has 0 saturated carbocycles. The molecule has 0 aliphatic heterocycles. The van der Waals surface area contributed by atoms with E-state index in [9.17, 15) is 0 Å². The first-order valence-corrected chi connectivity index (χ1v) is 23.4. The van der Waals surface area contributed by atoms with E-state index in [-0.39, 0.29) is 0 Å². The van der Waals surface area contributed by atoms with E-state index in [4.69, 9.17) is 19.9 Å². The molecule has 3 aromatic heterocycles. The zero-order valence-electron chi connectivity index (χ0n) is 36.1. The van der Waals surface area contributed by atoms with Gasteiger partial charge in [-0.25, -0.2) is 19.9 Å². The molecule has 0 radical (unpaired) electrons. The minimum Gasteiger partial charge on any atom is -0.246 e. The molecule has 0 bridgehead atoms. The van der Waals surface area contributed by atoms with Crippen LogP contribution in [-0.2, 0) is 0 Å². The van der Waals surface area contributed by atoms with Crippen LogP contribution in [0.1, 0.15) is 0 Å². The lowest BCUT2D eigenvalue weighted by Gasteiger charge is -2.14. The molecular formula is C62H38N4S. The van der Waals surface area contributed by atoms with Gasteiger partial charge in [0.2, 0.25) is 0 Å². The van der Waals surface area contributed by atoms with Crippen molar-refractivity contribution < 1.29 is 0 Å². The molecular weight excluding hydrogens is 833 g/mol. The molecule has 0 unspecified atom stereocenters. The van der Waals surface area contributed by atoms with Gasteiger partial charge in [0.1, 0.15) is 0 Å². The van der Waals surface area contributed by atoms with Crippen LogP contribution >= 0.6 is 11.3 Å². The molecule has 0 amide bonds. The van der Waals surface area contributed by atoms with Gasteiger partial charge in [0.25, 0.3) is 0 Å². The van der Waals surface area contributed by atoms with Crippen molar-refractivity contribution in [3.05, 3.63) is 231 Å². The van der Waals surface area contributed by atoms with Crippen LogP contribution in [0.4, 0.5) is 0 Å². The van der Waals surface area contributed by atoms with E-state index in [0.717, 1.165) is 55.5 Å². The molecule has 5 heteroatoms. The maximum atomic E-state index is 5.39. The standard InChI is InChI=1S/C62H38N4S/c1-4-18-39(19-5-1)57-59-56(52-32-14-15-33-54(52)63-57)55(44-34-35-51-49-30-11-10-28-47(49)48-29-12-13-31-50(48)53(51)38-44)58(67-59)45-26-16-24-42(36-45)43-25-17-27-46(37-43)62-65-60(40-20-6-2-7-21-40)64-61(66-62)41-22-8-3-9-23-41/h1-38H. The summed E-state index contributed by atoms with van der Waals surface area (Å²) in [4.78, 5) is 21.6. The average Bonchev–Trinajstić information content (AvgIpc) is 3.83. The zero-order chi connectivity index (χ0) is 44.3. The number of aromatic nitrogens is 4. The van der Waals surface area contributed by atoms with Crippen molar-refractivity contribution in [1.82, 2.24) is 19.9 Å². The number of pyridine rings is 1. The van der Waals surface area contributed by atoms with Gasteiger partial charge in [0, 0.05) is 43.5 Å². The Balaban J connectivity index is 1.03. The van der Waals surface area contributed by atoms with Gasteiger partial charge in [-0.1, -0.05) is 206 Å². The van der Waals surface area contributed by atoms with Crippen LogP contribution in [0.2, 0.25) is 0 Å². The summed E-state index contributed by atoms with van der Waals surface area (Å²) in [5.41, 5.74) is 11.6. The van der Waals surface area contributed by atoms with Gasteiger partial charge in [-0.05, 0) is 78.8 Å². The number of hydrogen-bond donors (Lipinski definition) is 0. The Morgan fingerprint density at radius 2 is 0.701 bits per heavy atom. The van der Waals surface area contributed by atoms with E-state index in [0.29, 0.717) is 17.5 Å². The van der Waals surface area contributed by atoms with E-state index >= 15 is 0 Å². The van der Waals surface area contributed by atoms with Gasteiger partial charge in [0.15, 0.2) is 17.5 Å². The van der Waals surface area contributed by atoms with Crippen molar-refractivity contribution in [3.8, 4) is 78.1 Å². The van der Waals surface area contributed by atoms with Crippen molar-refractivity contribution in [2.45, 2.75) is 0 Å². The number of nitrogens with zero attached hydrogens (tertiary/aromatic N) is 4. The van der Waals surface area contributed by atoms with E-state index in [1.807, 2.05) is 72.0 Å². The van der Waals surface area contributed by atoms with Crippen molar-refractivity contribution >= 4 is 64.6 Å². The summed E-state index contributed by atoms with van der Waals surface area (Å²) >= 11 is 1.83. The predicted octanol–water partition coefficient (Wildman–Crippen LogP) is 16.8. The quantitative estimate of drug-likeness (QED) is 0.150. The van der Waals surface area contributed by atoms with Crippen LogP contribution in [-0.4, -0.2) is 19.9 Å². The second kappa shape index (κ2) is 16.1. The van der Waals surface area contributed by atoms with Gasteiger partial charge in [0.05, 0.1) is 15.9 Å². The van der Waals surface area contributed by atoms with Crippen molar-refractivity contribution in [2.75, 3.05) is 0 Å². The van der Waals surface area contributed by atoms with Crippen molar-refractivity contribution in [2.24, 2.45) is 0 Å². The molecule has 0 fully saturated rings. The fourth-order valence-electron chi connectivity index (χ4n) is 9.76. The minimum atomic E-state index is 0.627. The third-order valence-electron chi connectivity index (χ3n) is 12.9. The average molecular weight is 871 g/mol. The van der Waals surface area contributed by atoms with E-state index < -0.39 is 0 Å². The summed E-state index contributed by atoms with van der Waals surface area (Å²) in [5.74, 6) is 1.91. The fraction of sp³-hybridized carbons (Fsp3) is 0. The van der Waals surface area contributed by atoms with Gasteiger partial charge in [-0.15, -0.1) is 11.3 Å². The highest BCUT2D eigenvalue weighted by Gasteiger charge is 2.24. The maximum absolute atomic E-state index is 5.39. The summed E-state index contributed by atoms with van der Waals surface area (Å²) in [7, 11) is 0. The summed E-state index contributed by atoms with van der Waals surface area (Å²) in [6, 6.07) is 81.8. The number of rotatable bonds is 7. The summed E-state index contributed by atoms with van der Waals surface area (Å²) in [5, 5.41) is 9.91. The first-order valence-electron chi connectivity index (χ1n) is 22.5. The summed E-state index contributed by atoms with van der Waals surface area (Å²) in [6.45, 7) is 0. The largest absolute Gasteiger partial charge is 0.246 e. The van der Waals surface area contributed by atoms with Gasteiger partial charge in [-0.2, -0.15) is 0 Å². The molecule has 0 N–H and O–H groups in total. The first-order chi connectivity index (χ1) is 33.2. The molecule has 0 aliphatic rings. The number of benzene rings is 10. The number of para-hydroxylation sites is 1. The minimum absolute atomic E-state index is 0.627. The Hall–Kier alpha value is -8.64. The molecule has 312 valence electrons. The lowest BCUT2D eigenvalue weighted by molar-refractivity contribution is 1.07. The van der Waals surface area contributed by atoms with Crippen LogP contribution < -0.4 is 0 Å². The highest BCUT2D eigenvalue weighted by molar-refractivity contribution is 7.23. The van der Waals surface area contributed by atoms with Crippen LogP contribution in [0.3, 0.4) is 0 Å². The summed E-state index contributed by atoms with van der Waals surface area (Å²) < 4.78 is 1.17. The topological polar surface area (TPSA) is 51.6 Å². The molecule has 0 saturated heterocycles. The molecule has 0 atom stereocenters. The fourth-order valence-corrected chi connectivity index (χ4v) is 11.1. The van der Waals surface area contributed by atoms with E-state index in [1.165, 1.54) is 58.4 Å². The third kappa shape index (κ3) is 6.75. The zero-order valence-corrected chi connectivity index (χ0v) is 37.0. The van der Waals surface area contributed by atoms with Gasteiger partial charge >= 0.3 is 0 Å². The number of hydrogen-bond acceptors (Lipinski definition) is 5. The molecule has 13 rings (SSSR count). The van der Waals surface area contributed by atoms with Crippen LogP contribution in [0.15, 0.2) is 231 Å². The predicted molar refractivity (Wildman–Crippen MR) is 281 cm³/mol. The number of thiophene rings is 1. The maximum Gasteiger partial charge on any atom is 0.164 e. The van der Waals surface area contributed by atoms with Crippen LogP contribution in [0, 0.1) is 0 Å². The summed E-state index contributed by atoms with van der Waals surface area (Å²) in [6.07, 6.45) is 0. The highest BCUT2D eigenvalue weighted by Crippen LogP contribution is 2.51. The molecule has 10 aromatic carbocycles. The molecule has 67 heavy (non-hydrogen) atoms. The molecule has 4 nitrogen and oxygen atoms in total. The Morgan fingerprint density at radius 1 is 0.269 bits per heavy atom. The Kier molecular flexibility index (Phi) is 9.32. The normalized spacial score (nSPS) is 11.6. The highest BCUT2D eigenvalue weighted by atomic mass is 32.1. The van der Waals surface area contributed by atoms with Gasteiger partial charge in [-0.3, -0.25) is 0 Å². The third-order valence-corrected chi connectivity index (χ3v) is 14.1. The van der Waals surface area contributed by atoms with E-state index in [1.54, 1.807) is 0 Å². The lowest BCUT2D eigenvalue weighted by Crippen LogP contribution is -2.00. The first kappa shape index (κ1) is 38.8. The monoisotopic (exact) mass is 870 g/mol. The number of fused-ring (bicyclic) bond motifs is 9. The van der Waals surface area contributed by atoms with Crippen molar-refractivity contribution in [3.63, 3.8) is 0 Å². The lowest BCUT2D eigenvalue weighted by atomic mass is 9.90. The van der Waals surface area contributed by atoms with Crippen LogP contribution in [0.25, 0.3) is 131 Å². The van der Waals surface area contributed by atoms with Crippen molar-refractivity contribution in [1.29, 1.82) is 0 Å². The second-order valence-electron chi connectivity index (χ2n) is 16.9. The Bertz CT molecular complexity index is 3940. The second-order valence-corrected chi connectivity index (χ2v) is 17.9. The van der Waals surface area contributed by atoms with E-state index in [2.05, 4.69) is 170 Å². The Morgan fingerprint density at radius 3 is 1.30 bits per heavy atom. The SMILES string of the molecule is c1ccc(-c2nc(-c3ccccc3)nc(-c3cccc(-c4cccc(-c5sc6c(-c7ccccc7)nc7ccccc7c6c5-c5ccc6c7ccccc7c7ccccc7c6c5)c4)c3)n2)cc1. The van der Waals surface area contributed by atoms with Crippen LogP contribution in [0.5, 0.6) is 0 Å². The molecule has 3 heterocycles. The Labute approximate surface area is 391 Å². The van der Waals surface area contributed by atoms with Gasteiger partial charge < -0.3 is 0 Å². The smallest absolute Gasteiger partial charge is 0.164 e. The molecule has 0 spiro atoms.